The van der Waals surface area contributed by atoms with Crippen molar-refractivity contribution in [2.24, 2.45) is 10.9 Å². The summed E-state index contributed by atoms with van der Waals surface area (Å²) in [6, 6.07) is 5.78. The number of hydrogen-bond acceptors (Lipinski definition) is 4. The normalized spacial score (nSPS) is 13.2. The summed E-state index contributed by atoms with van der Waals surface area (Å²) in [5, 5.41) is 11.5. The molecule has 0 aromatic heterocycles. The maximum Gasteiger partial charge on any atom is 0.245 e. The Labute approximate surface area is 117 Å². The third-order valence-corrected chi connectivity index (χ3v) is 4.97. The number of amidine groups is 1. The van der Waals surface area contributed by atoms with Gasteiger partial charge in [-0.15, -0.1) is 0 Å². The maximum atomic E-state index is 12.5. The van der Waals surface area contributed by atoms with Crippen molar-refractivity contribution in [1.82, 2.24) is 4.31 Å². The van der Waals surface area contributed by atoms with Gasteiger partial charge in [0.25, 0.3) is 0 Å². The minimum atomic E-state index is -3.81. The van der Waals surface area contributed by atoms with Crippen molar-refractivity contribution < 1.29 is 13.6 Å². The minimum Gasteiger partial charge on any atom is -0.409 e. The average molecular weight is 306 g/mol. The summed E-state index contributed by atoms with van der Waals surface area (Å²) in [6.45, 7) is 3.18. The number of nitrogens with two attached hydrogens (primary N) is 1. The van der Waals surface area contributed by atoms with Crippen LogP contribution in [0.4, 0.5) is 0 Å². The van der Waals surface area contributed by atoms with E-state index in [1.807, 2.05) is 0 Å². The molecule has 0 spiro atoms. The first-order chi connectivity index (χ1) is 8.80. The van der Waals surface area contributed by atoms with E-state index < -0.39 is 10.0 Å². The lowest BCUT2D eigenvalue weighted by Gasteiger charge is -2.25. The van der Waals surface area contributed by atoms with Gasteiger partial charge in [0.1, 0.15) is 4.90 Å². The van der Waals surface area contributed by atoms with Crippen LogP contribution < -0.4 is 5.73 Å². The number of oxime groups is 1. The third kappa shape index (κ3) is 3.59. The number of rotatable bonds is 5. The van der Waals surface area contributed by atoms with Crippen molar-refractivity contribution in [1.29, 1.82) is 0 Å². The molecule has 0 radical (unpaired) electrons. The number of hydrogen-bond donors (Lipinski definition) is 2. The van der Waals surface area contributed by atoms with E-state index in [1.54, 1.807) is 26.0 Å². The molecule has 19 heavy (non-hydrogen) atoms. The quantitative estimate of drug-likeness (QED) is 0.373. The molecule has 0 bridgehead atoms. The molecule has 0 unspecified atom stereocenters. The molecule has 0 aliphatic heterocycles. The highest BCUT2D eigenvalue weighted by molar-refractivity contribution is 7.89. The highest BCUT2D eigenvalue weighted by Crippen LogP contribution is 2.25. The molecule has 1 aromatic rings. The second kappa shape index (κ2) is 6.23. The zero-order valence-corrected chi connectivity index (χ0v) is 12.2. The Morgan fingerprint density at radius 1 is 1.47 bits per heavy atom. The van der Waals surface area contributed by atoms with Gasteiger partial charge < -0.3 is 10.9 Å². The third-order valence-electron chi connectivity index (χ3n) is 2.45. The zero-order chi connectivity index (χ0) is 14.6. The van der Waals surface area contributed by atoms with Crippen LogP contribution in [-0.2, 0) is 10.0 Å². The van der Waals surface area contributed by atoms with Crippen molar-refractivity contribution in [3.8, 4) is 0 Å². The van der Waals surface area contributed by atoms with Crippen LogP contribution in [0.15, 0.2) is 34.3 Å². The van der Waals surface area contributed by atoms with Crippen molar-refractivity contribution in [3.05, 3.63) is 29.3 Å². The molecular formula is C11H16ClN3O3S. The number of benzene rings is 1. The fourth-order valence-corrected chi connectivity index (χ4v) is 3.62. The molecular weight excluding hydrogens is 290 g/mol. The summed E-state index contributed by atoms with van der Waals surface area (Å²) in [4.78, 5) is -0.00361. The Morgan fingerprint density at radius 3 is 2.53 bits per heavy atom. The predicted molar refractivity (Wildman–Crippen MR) is 73.9 cm³/mol. The highest BCUT2D eigenvalue weighted by Gasteiger charge is 2.29. The molecule has 3 N–H and O–H groups in total. The number of nitrogens with zero attached hydrogens (tertiary/aromatic N) is 2. The molecule has 0 fully saturated rings. The SMILES string of the molecule is CC(C)N(CC(N)=NO)S(=O)(=O)c1ccccc1Cl. The van der Waals surface area contributed by atoms with Crippen LogP contribution in [0.2, 0.25) is 5.02 Å². The second-order valence-electron chi connectivity index (χ2n) is 4.17. The van der Waals surface area contributed by atoms with Crippen LogP contribution >= 0.6 is 11.6 Å². The van der Waals surface area contributed by atoms with Gasteiger partial charge >= 0.3 is 0 Å². The Kier molecular flexibility index (Phi) is 5.16. The molecule has 106 valence electrons. The van der Waals surface area contributed by atoms with Crippen molar-refractivity contribution in [2.45, 2.75) is 24.8 Å². The molecule has 0 saturated carbocycles. The van der Waals surface area contributed by atoms with E-state index >= 15 is 0 Å². The molecule has 6 nitrogen and oxygen atoms in total. The van der Waals surface area contributed by atoms with Crippen molar-refractivity contribution >= 4 is 27.5 Å². The first-order valence-electron chi connectivity index (χ1n) is 5.53. The maximum absolute atomic E-state index is 12.5. The Bertz CT molecular complexity index is 572. The monoisotopic (exact) mass is 305 g/mol. The second-order valence-corrected chi connectivity index (χ2v) is 6.43. The van der Waals surface area contributed by atoms with Gasteiger partial charge in [-0.25, -0.2) is 8.42 Å². The lowest BCUT2D eigenvalue weighted by atomic mass is 10.4. The van der Waals surface area contributed by atoms with Gasteiger partial charge in [0.15, 0.2) is 5.84 Å². The molecule has 0 aliphatic carbocycles. The molecule has 0 aliphatic rings. The van der Waals surface area contributed by atoms with E-state index in [9.17, 15) is 8.42 Å². The highest BCUT2D eigenvalue weighted by atomic mass is 35.5. The first-order valence-corrected chi connectivity index (χ1v) is 7.35. The van der Waals surface area contributed by atoms with Crippen molar-refractivity contribution in [3.63, 3.8) is 0 Å². The van der Waals surface area contributed by atoms with E-state index in [0.717, 1.165) is 4.31 Å². The molecule has 1 aromatic carbocycles. The van der Waals surface area contributed by atoms with Crippen molar-refractivity contribution in [2.75, 3.05) is 6.54 Å². The lowest BCUT2D eigenvalue weighted by molar-refractivity contribution is 0.312. The summed E-state index contributed by atoms with van der Waals surface area (Å²) < 4.78 is 26.1. The number of sulfonamides is 1. The molecule has 0 amide bonds. The summed E-state index contributed by atoms with van der Waals surface area (Å²) in [7, 11) is -3.81. The first kappa shape index (κ1) is 15.7. The van der Waals surface area contributed by atoms with Gasteiger partial charge in [-0.05, 0) is 26.0 Å². The Balaban J connectivity index is 3.25. The average Bonchev–Trinajstić information content (AvgIpc) is 2.35. The van der Waals surface area contributed by atoms with Crippen LogP contribution in [0.1, 0.15) is 13.8 Å². The van der Waals surface area contributed by atoms with E-state index in [-0.39, 0.29) is 28.3 Å². The predicted octanol–water partition coefficient (Wildman–Crippen LogP) is 1.49. The van der Waals surface area contributed by atoms with Gasteiger partial charge in [0.05, 0.1) is 11.6 Å². The van der Waals surface area contributed by atoms with Gasteiger partial charge in [-0.1, -0.05) is 28.9 Å². The van der Waals surface area contributed by atoms with Gasteiger partial charge in [0, 0.05) is 6.04 Å². The summed E-state index contributed by atoms with van der Waals surface area (Å²) in [5.41, 5.74) is 5.39. The standard InChI is InChI=1S/C11H16ClN3O3S/c1-8(2)15(7-11(13)14-16)19(17,18)10-6-4-3-5-9(10)12/h3-6,8,16H,7H2,1-2H3,(H2,13,14). The summed E-state index contributed by atoms with van der Waals surface area (Å²) >= 11 is 5.91. The van der Waals surface area contributed by atoms with Gasteiger partial charge in [-0.3, -0.25) is 0 Å². The van der Waals surface area contributed by atoms with Crippen LogP contribution in [0.25, 0.3) is 0 Å². The zero-order valence-electron chi connectivity index (χ0n) is 10.6. The smallest absolute Gasteiger partial charge is 0.245 e. The minimum absolute atomic E-state index is 0.00361. The molecule has 1 rings (SSSR count). The number of halogens is 1. The van der Waals surface area contributed by atoms with E-state index in [0.29, 0.717) is 0 Å². The summed E-state index contributed by atoms with van der Waals surface area (Å²) in [5.74, 6) is -0.190. The summed E-state index contributed by atoms with van der Waals surface area (Å²) in [6.07, 6.45) is 0. The van der Waals surface area contributed by atoms with Gasteiger partial charge in [0.2, 0.25) is 10.0 Å². The van der Waals surface area contributed by atoms with Crippen LogP contribution in [-0.4, -0.2) is 36.4 Å². The molecule has 8 heteroatoms. The topological polar surface area (TPSA) is 96.0 Å². The van der Waals surface area contributed by atoms with Gasteiger partial charge in [-0.2, -0.15) is 4.31 Å². The van der Waals surface area contributed by atoms with E-state index in [2.05, 4.69) is 5.16 Å². The fourth-order valence-electron chi connectivity index (χ4n) is 1.52. The van der Waals surface area contributed by atoms with Crippen LogP contribution in [0.5, 0.6) is 0 Å². The largest absolute Gasteiger partial charge is 0.409 e. The Morgan fingerprint density at radius 2 is 2.05 bits per heavy atom. The Hall–Kier alpha value is -1.31. The molecule has 0 saturated heterocycles. The molecule has 0 atom stereocenters. The molecule has 0 heterocycles. The lowest BCUT2D eigenvalue weighted by Crippen LogP contribution is -2.42. The van der Waals surface area contributed by atoms with E-state index in [4.69, 9.17) is 22.5 Å². The van der Waals surface area contributed by atoms with Crippen LogP contribution in [0.3, 0.4) is 0 Å². The van der Waals surface area contributed by atoms with Crippen LogP contribution in [0, 0.1) is 0 Å². The fraction of sp³-hybridized carbons (Fsp3) is 0.364. The van der Waals surface area contributed by atoms with E-state index in [1.165, 1.54) is 12.1 Å².